The van der Waals surface area contributed by atoms with E-state index in [2.05, 4.69) is 16.0 Å². The molecule has 0 bridgehead atoms. The molecule has 2 saturated heterocycles. The van der Waals surface area contributed by atoms with Crippen LogP contribution in [-0.4, -0.2) is 35.4 Å². The third-order valence-electron chi connectivity index (χ3n) is 5.70. The predicted octanol–water partition coefficient (Wildman–Crippen LogP) is 3.25. The smallest absolute Gasteiger partial charge is 0.223 e. The van der Waals surface area contributed by atoms with E-state index in [4.69, 9.17) is 5.26 Å². The van der Waals surface area contributed by atoms with Crippen molar-refractivity contribution in [3.05, 3.63) is 59.3 Å². The van der Waals surface area contributed by atoms with Crippen molar-refractivity contribution in [2.75, 3.05) is 24.5 Å². The molecular formula is C21H20F2N4O. The lowest BCUT2D eigenvalue weighted by molar-refractivity contribution is -0.128. The number of carbonyl (C=O) groups is 1. The van der Waals surface area contributed by atoms with Gasteiger partial charge < -0.3 is 9.80 Å². The van der Waals surface area contributed by atoms with Crippen molar-refractivity contribution < 1.29 is 13.6 Å². The van der Waals surface area contributed by atoms with Gasteiger partial charge in [-0.1, -0.05) is 6.07 Å². The van der Waals surface area contributed by atoms with E-state index in [0.717, 1.165) is 37.8 Å². The van der Waals surface area contributed by atoms with Gasteiger partial charge in [0.1, 0.15) is 29.2 Å². The number of nitrogens with zero attached hydrogens (tertiary/aromatic N) is 4. The van der Waals surface area contributed by atoms with Crippen LogP contribution in [0.4, 0.5) is 14.6 Å². The second kappa shape index (κ2) is 7.19. The van der Waals surface area contributed by atoms with Gasteiger partial charge in [0.2, 0.25) is 5.91 Å². The number of benzene rings is 1. The van der Waals surface area contributed by atoms with Crippen molar-refractivity contribution in [2.45, 2.75) is 25.8 Å². The van der Waals surface area contributed by atoms with Gasteiger partial charge in [0.15, 0.2) is 0 Å². The average Bonchev–Trinajstić information content (AvgIpc) is 2.96. The summed E-state index contributed by atoms with van der Waals surface area (Å²) >= 11 is 0. The van der Waals surface area contributed by atoms with Gasteiger partial charge in [-0.25, -0.2) is 13.8 Å². The monoisotopic (exact) mass is 382 g/mol. The van der Waals surface area contributed by atoms with Gasteiger partial charge in [0.05, 0.1) is 0 Å². The number of aromatic nitrogens is 1. The molecule has 2 aromatic rings. The molecule has 4 rings (SSSR count). The van der Waals surface area contributed by atoms with Crippen molar-refractivity contribution >= 4 is 11.7 Å². The van der Waals surface area contributed by atoms with E-state index in [-0.39, 0.29) is 17.9 Å². The minimum Gasteiger partial charge on any atom is -0.357 e. The van der Waals surface area contributed by atoms with Crippen LogP contribution in [0.5, 0.6) is 0 Å². The molecule has 0 radical (unpaired) electrons. The molecular weight excluding hydrogens is 362 g/mol. The lowest BCUT2D eigenvalue weighted by atomic mass is 9.77. The van der Waals surface area contributed by atoms with E-state index in [1.807, 2.05) is 12.1 Å². The molecule has 2 aliphatic heterocycles. The molecule has 2 aliphatic rings. The summed E-state index contributed by atoms with van der Waals surface area (Å²) in [7, 11) is 0. The standard InChI is InChI=1S/C21H20F2N4O/c22-16-8-15(9-17(23)10-16)13-27-14-21(11-20(27)28)4-6-26(7-5-21)19-3-1-2-18(12-24)25-19/h1-3,8-10H,4-7,11,13-14H2. The van der Waals surface area contributed by atoms with Crippen molar-refractivity contribution in [2.24, 2.45) is 5.41 Å². The number of rotatable bonds is 3. The number of pyridine rings is 1. The van der Waals surface area contributed by atoms with E-state index in [0.29, 0.717) is 24.2 Å². The largest absolute Gasteiger partial charge is 0.357 e. The first-order valence-corrected chi connectivity index (χ1v) is 9.31. The highest BCUT2D eigenvalue weighted by Crippen LogP contribution is 2.42. The van der Waals surface area contributed by atoms with E-state index in [1.54, 1.807) is 11.0 Å². The van der Waals surface area contributed by atoms with E-state index in [1.165, 1.54) is 12.1 Å². The Hall–Kier alpha value is -3.01. The predicted molar refractivity (Wildman–Crippen MR) is 99.2 cm³/mol. The SMILES string of the molecule is N#Cc1cccc(N2CCC3(CC2)CC(=O)N(Cc2cc(F)cc(F)c2)C3)n1. The number of nitriles is 1. The molecule has 1 aromatic carbocycles. The molecule has 144 valence electrons. The van der Waals surface area contributed by atoms with Gasteiger partial charge >= 0.3 is 0 Å². The van der Waals surface area contributed by atoms with Crippen LogP contribution in [0.2, 0.25) is 0 Å². The molecule has 1 spiro atoms. The summed E-state index contributed by atoms with van der Waals surface area (Å²) in [5, 5.41) is 9.02. The third-order valence-corrected chi connectivity index (χ3v) is 5.70. The maximum absolute atomic E-state index is 13.4. The Balaban J connectivity index is 1.42. The lowest BCUT2D eigenvalue weighted by Crippen LogP contribution is -2.42. The maximum Gasteiger partial charge on any atom is 0.223 e. The number of anilines is 1. The van der Waals surface area contributed by atoms with E-state index in [9.17, 15) is 13.6 Å². The zero-order valence-electron chi connectivity index (χ0n) is 15.4. The van der Waals surface area contributed by atoms with Crippen LogP contribution in [0, 0.1) is 28.4 Å². The Kier molecular flexibility index (Phi) is 4.71. The van der Waals surface area contributed by atoms with Crippen LogP contribution in [0.15, 0.2) is 36.4 Å². The van der Waals surface area contributed by atoms with Crippen molar-refractivity contribution in [3.8, 4) is 6.07 Å². The maximum atomic E-state index is 13.4. The van der Waals surface area contributed by atoms with Gasteiger partial charge in [-0.15, -0.1) is 0 Å². The lowest BCUT2D eigenvalue weighted by Gasteiger charge is -2.39. The number of carbonyl (C=O) groups excluding carboxylic acids is 1. The van der Waals surface area contributed by atoms with Crippen molar-refractivity contribution in [1.82, 2.24) is 9.88 Å². The fraction of sp³-hybridized carbons (Fsp3) is 0.381. The summed E-state index contributed by atoms with van der Waals surface area (Å²) in [5.74, 6) is -0.443. The highest BCUT2D eigenvalue weighted by atomic mass is 19.1. The molecule has 0 unspecified atom stereocenters. The molecule has 0 N–H and O–H groups in total. The highest BCUT2D eigenvalue weighted by Gasteiger charge is 2.44. The second-order valence-electron chi connectivity index (χ2n) is 7.68. The Bertz CT molecular complexity index is 927. The van der Waals surface area contributed by atoms with Crippen molar-refractivity contribution in [1.29, 1.82) is 5.26 Å². The number of piperidine rings is 1. The third kappa shape index (κ3) is 3.68. The summed E-state index contributed by atoms with van der Waals surface area (Å²) < 4.78 is 26.9. The number of amides is 1. The number of hydrogen-bond donors (Lipinski definition) is 0. The van der Waals surface area contributed by atoms with Crippen LogP contribution in [0.1, 0.15) is 30.5 Å². The molecule has 1 aromatic heterocycles. The highest BCUT2D eigenvalue weighted by molar-refractivity contribution is 5.79. The second-order valence-corrected chi connectivity index (χ2v) is 7.68. The van der Waals surface area contributed by atoms with Gasteiger partial charge in [-0.2, -0.15) is 5.26 Å². The average molecular weight is 382 g/mol. The number of likely N-dealkylation sites (tertiary alicyclic amines) is 1. The first-order chi connectivity index (χ1) is 13.5. The zero-order chi connectivity index (χ0) is 19.7. The minimum absolute atomic E-state index is 0.0303. The fourth-order valence-corrected chi connectivity index (χ4v) is 4.25. The molecule has 2 fully saturated rings. The first-order valence-electron chi connectivity index (χ1n) is 9.31. The molecule has 1 amide bonds. The number of halogens is 2. The minimum atomic E-state index is -0.628. The van der Waals surface area contributed by atoms with Crippen LogP contribution < -0.4 is 4.90 Å². The summed E-state index contributed by atoms with van der Waals surface area (Å²) in [6.07, 6.45) is 2.14. The zero-order valence-corrected chi connectivity index (χ0v) is 15.4. The molecule has 0 atom stereocenters. The van der Waals surface area contributed by atoms with Gasteiger partial charge in [0, 0.05) is 44.1 Å². The Morgan fingerprint density at radius 2 is 1.86 bits per heavy atom. The summed E-state index contributed by atoms with van der Waals surface area (Å²) in [6.45, 7) is 2.35. The van der Waals surface area contributed by atoms with Crippen LogP contribution in [0.3, 0.4) is 0 Å². The van der Waals surface area contributed by atoms with E-state index < -0.39 is 11.6 Å². The fourth-order valence-electron chi connectivity index (χ4n) is 4.25. The summed E-state index contributed by atoms with van der Waals surface area (Å²) in [6, 6.07) is 10.8. The Labute approximate surface area is 162 Å². The van der Waals surface area contributed by atoms with Gasteiger partial charge in [0.25, 0.3) is 0 Å². The van der Waals surface area contributed by atoms with Gasteiger partial charge in [-0.05, 0) is 42.7 Å². The van der Waals surface area contributed by atoms with Gasteiger partial charge in [-0.3, -0.25) is 4.79 Å². The normalized spacial score (nSPS) is 18.5. The summed E-state index contributed by atoms with van der Waals surface area (Å²) in [5.41, 5.74) is 0.756. The quantitative estimate of drug-likeness (QED) is 0.818. The van der Waals surface area contributed by atoms with Crippen LogP contribution in [0.25, 0.3) is 0 Å². The molecule has 28 heavy (non-hydrogen) atoms. The number of hydrogen-bond acceptors (Lipinski definition) is 4. The Morgan fingerprint density at radius 1 is 1.14 bits per heavy atom. The molecule has 7 heteroatoms. The van der Waals surface area contributed by atoms with Crippen LogP contribution >= 0.6 is 0 Å². The topological polar surface area (TPSA) is 60.2 Å². The summed E-state index contributed by atoms with van der Waals surface area (Å²) in [4.78, 5) is 20.7. The molecule has 3 heterocycles. The first kappa shape index (κ1) is 18.4. The molecule has 0 aliphatic carbocycles. The van der Waals surface area contributed by atoms with Crippen LogP contribution in [-0.2, 0) is 11.3 Å². The van der Waals surface area contributed by atoms with E-state index >= 15 is 0 Å². The molecule has 5 nitrogen and oxygen atoms in total. The van der Waals surface area contributed by atoms with Crippen molar-refractivity contribution in [3.63, 3.8) is 0 Å². The Morgan fingerprint density at radius 3 is 2.54 bits per heavy atom. The molecule has 0 saturated carbocycles.